The van der Waals surface area contributed by atoms with Gasteiger partial charge in [0.05, 0.1) is 12.0 Å². The molecule has 0 spiro atoms. The van der Waals surface area contributed by atoms with E-state index in [0.717, 1.165) is 9.65 Å². The second-order valence-corrected chi connectivity index (χ2v) is 7.48. The molecule has 7 nitrogen and oxygen atoms in total. The molecule has 0 amide bonds. The van der Waals surface area contributed by atoms with Crippen LogP contribution in [-0.4, -0.2) is 28.3 Å². The van der Waals surface area contributed by atoms with E-state index in [2.05, 4.69) is 15.4 Å². The number of halogens is 1. The Morgan fingerprint density at radius 1 is 1.25 bits per heavy atom. The van der Waals surface area contributed by atoms with Crippen molar-refractivity contribution in [2.75, 3.05) is 11.1 Å². The lowest BCUT2D eigenvalue weighted by Crippen LogP contribution is -2.19. The third kappa shape index (κ3) is 3.44. The Hall–Kier alpha value is -2.32. The molecule has 0 fully saturated rings. The van der Waals surface area contributed by atoms with Crippen molar-refractivity contribution >= 4 is 27.6 Å². The molecule has 0 saturated carbocycles. The number of benzene rings is 1. The summed E-state index contributed by atoms with van der Waals surface area (Å²) in [7, 11) is -3.59. The van der Waals surface area contributed by atoms with E-state index in [4.69, 9.17) is 16.0 Å². The quantitative estimate of drug-likeness (QED) is 0.721. The van der Waals surface area contributed by atoms with Crippen LogP contribution in [0.2, 0.25) is 5.02 Å². The molecule has 0 saturated heterocycles. The maximum atomic E-state index is 12.2. The van der Waals surface area contributed by atoms with Crippen LogP contribution in [0.25, 0.3) is 11.6 Å². The van der Waals surface area contributed by atoms with Crippen molar-refractivity contribution < 1.29 is 12.8 Å². The van der Waals surface area contributed by atoms with Gasteiger partial charge < -0.3 is 9.73 Å². The molecule has 0 atom stereocenters. The van der Waals surface area contributed by atoms with Crippen molar-refractivity contribution in [1.82, 2.24) is 14.2 Å². The van der Waals surface area contributed by atoms with Crippen LogP contribution < -0.4 is 5.32 Å². The van der Waals surface area contributed by atoms with Gasteiger partial charge in [0.15, 0.2) is 5.76 Å². The van der Waals surface area contributed by atoms with Gasteiger partial charge in [0, 0.05) is 11.6 Å². The van der Waals surface area contributed by atoms with Crippen molar-refractivity contribution in [3.05, 3.63) is 53.2 Å². The third-order valence-corrected chi connectivity index (χ3v) is 5.08. The lowest BCUT2D eigenvalue weighted by atomic mass is 10.2. The van der Waals surface area contributed by atoms with Crippen molar-refractivity contribution in [2.24, 2.45) is 0 Å². The number of hydrogen-bond donors (Lipinski definition) is 1. The molecule has 0 unspecified atom stereocenters. The number of furan rings is 1. The average Bonchev–Trinajstić information content (AvgIpc) is 3.24. The second kappa shape index (κ2) is 6.66. The summed E-state index contributed by atoms with van der Waals surface area (Å²) >= 11 is 5.86. The highest BCUT2D eigenvalue weighted by Gasteiger charge is 2.21. The van der Waals surface area contributed by atoms with Crippen LogP contribution in [0.15, 0.2) is 47.1 Å². The minimum absolute atomic E-state index is 0.0937. The van der Waals surface area contributed by atoms with Crippen LogP contribution in [0.4, 0.5) is 5.95 Å². The fraction of sp³-hybridized carbons (Fsp3) is 0.200. The van der Waals surface area contributed by atoms with Crippen LogP contribution in [0.5, 0.6) is 0 Å². The fourth-order valence-electron chi connectivity index (χ4n) is 2.02. The Bertz CT molecular complexity index is 918. The highest BCUT2D eigenvalue weighted by atomic mass is 35.5. The number of aromatic nitrogens is 3. The summed E-state index contributed by atoms with van der Waals surface area (Å²) in [6.07, 6.45) is 1.48. The van der Waals surface area contributed by atoms with Crippen molar-refractivity contribution in [1.29, 1.82) is 0 Å². The summed E-state index contributed by atoms with van der Waals surface area (Å²) in [6, 6.07) is 10.6. The summed E-state index contributed by atoms with van der Waals surface area (Å²) in [4.78, 5) is 4.24. The lowest BCUT2D eigenvalue weighted by Gasteiger charge is -2.07. The number of nitrogens with one attached hydrogen (secondary N) is 1. The standard InChI is InChI=1S/C15H15ClN4O3S/c1-2-24(21,22)20-15(17-10-11-5-7-12(16)8-6-11)18-14(19-20)13-4-3-9-23-13/h3-9H,2,10H2,1H3,(H,17,18,19). The summed E-state index contributed by atoms with van der Waals surface area (Å²) in [6.45, 7) is 1.93. The zero-order valence-electron chi connectivity index (χ0n) is 12.8. The molecular formula is C15H15ClN4O3S. The number of anilines is 1. The van der Waals surface area contributed by atoms with Crippen LogP contribution in [0.3, 0.4) is 0 Å². The van der Waals surface area contributed by atoms with Gasteiger partial charge in [0.1, 0.15) is 0 Å². The Morgan fingerprint density at radius 3 is 2.62 bits per heavy atom. The van der Waals surface area contributed by atoms with E-state index < -0.39 is 10.0 Å². The smallest absolute Gasteiger partial charge is 0.256 e. The van der Waals surface area contributed by atoms with E-state index in [9.17, 15) is 8.42 Å². The molecule has 0 aliphatic heterocycles. The Labute approximate surface area is 144 Å². The first kappa shape index (κ1) is 16.5. The number of nitrogens with zero attached hydrogens (tertiary/aromatic N) is 3. The van der Waals surface area contributed by atoms with Crippen LogP contribution in [0, 0.1) is 0 Å². The zero-order valence-corrected chi connectivity index (χ0v) is 14.4. The summed E-state index contributed by atoms with van der Waals surface area (Å²) in [5.41, 5.74) is 0.933. The van der Waals surface area contributed by atoms with E-state index in [1.54, 1.807) is 31.2 Å². The van der Waals surface area contributed by atoms with E-state index in [1.165, 1.54) is 6.26 Å². The Kier molecular flexibility index (Phi) is 4.59. The summed E-state index contributed by atoms with van der Waals surface area (Å²) in [5, 5.41) is 7.69. The molecule has 0 radical (unpaired) electrons. The van der Waals surface area contributed by atoms with Crippen LogP contribution >= 0.6 is 11.6 Å². The SMILES string of the molecule is CCS(=O)(=O)n1nc(-c2ccco2)nc1NCc1ccc(Cl)cc1. The molecule has 2 heterocycles. The van der Waals surface area contributed by atoms with Gasteiger partial charge in [-0.05, 0) is 36.8 Å². The molecule has 3 rings (SSSR count). The van der Waals surface area contributed by atoms with E-state index in [1.807, 2.05) is 12.1 Å². The zero-order chi connectivity index (χ0) is 17.2. The predicted molar refractivity (Wildman–Crippen MR) is 91.4 cm³/mol. The largest absolute Gasteiger partial charge is 0.461 e. The molecule has 0 aliphatic rings. The van der Waals surface area contributed by atoms with Gasteiger partial charge in [0.2, 0.25) is 11.8 Å². The van der Waals surface area contributed by atoms with E-state index in [-0.39, 0.29) is 17.5 Å². The summed E-state index contributed by atoms with van der Waals surface area (Å²) in [5.74, 6) is 0.646. The van der Waals surface area contributed by atoms with Gasteiger partial charge in [0.25, 0.3) is 10.0 Å². The monoisotopic (exact) mass is 366 g/mol. The van der Waals surface area contributed by atoms with Crippen molar-refractivity contribution in [3.63, 3.8) is 0 Å². The molecule has 1 N–H and O–H groups in total. The highest BCUT2D eigenvalue weighted by molar-refractivity contribution is 7.89. The molecule has 1 aromatic carbocycles. The molecule has 0 bridgehead atoms. The Morgan fingerprint density at radius 2 is 2.00 bits per heavy atom. The molecule has 0 aliphatic carbocycles. The molecule has 2 aromatic heterocycles. The lowest BCUT2D eigenvalue weighted by molar-refractivity contribution is 0.574. The van der Waals surface area contributed by atoms with Crippen molar-refractivity contribution in [2.45, 2.75) is 13.5 Å². The third-order valence-electron chi connectivity index (χ3n) is 3.31. The first-order chi connectivity index (χ1) is 11.5. The van der Waals surface area contributed by atoms with Gasteiger partial charge >= 0.3 is 0 Å². The van der Waals surface area contributed by atoms with E-state index >= 15 is 0 Å². The van der Waals surface area contributed by atoms with Crippen molar-refractivity contribution in [3.8, 4) is 11.6 Å². The topological polar surface area (TPSA) is 90.0 Å². The fourth-order valence-corrected chi connectivity index (χ4v) is 2.96. The molecule has 126 valence electrons. The number of rotatable bonds is 6. The predicted octanol–water partition coefficient (Wildman–Crippen LogP) is 3.00. The number of hydrogen-bond acceptors (Lipinski definition) is 6. The van der Waals surface area contributed by atoms with E-state index in [0.29, 0.717) is 17.3 Å². The Balaban J connectivity index is 1.91. The first-order valence-corrected chi connectivity index (χ1v) is 9.21. The molecule has 9 heteroatoms. The normalized spacial score (nSPS) is 11.6. The van der Waals surface area contributed by atoms with Gasteiger partial charge in [-0.25, -0.2) is 8.42 Å². The molecule has 24 heavy (non-hydrogen) atoms. The van der Waals surface area contributed by atoms with Crippen LogP contribution in [0.1, 0.15) is 12.5 Å². The summed E-state index contributed by atoms with van der Waals surface area (Å²) < 4.78 is 30.6. The van der Waals surface area contributed by atoms with Gasteiger partial charge in [-0.1, -0.05) is 23.7 Å². The highest BCUT2D eigenvalue weighted by Crippen LogP contribution is 2.20. The molecule has 3 aromatic rings. The minimum Gasteiger partial charge on any atom is -0.461 e. The van der Waals surface area contributed by atoms with Crippen LogP contribution in [-0.2, 0) is 16.6 Å². The van der Waals surface area contributed by atoms with Gasteiger partial charge in [-0.2, -0.15) is 4.98 Å². The average molecular weight is 367 g/mol. The minimum atomic E-state index is -3.59. The first-order valence-electron chi connectivity index (χ1n) is 7.22. The maximum Gasteiger partial charge on any atom is 0.256 e. The molecular weight excluding hydrogens is 352 g/mol. The second-order valence-electron chi connectivity index (χ2n) is 4.96. The van der Waals surface area contributed by atoms with Gasteiger partial charge in [-0.15, -0.1) is 9.19 Å². The van der Waals surface area contributed by atoms with Gasteiger partial charge in [-0.3, -0.25) is 0 Å². The maximum absolute atomic E-state index is 12.2.